The van der Waals surface area contributed by atoms with Crippen molar-refractivity contribution in [3.05, 3.63) is 58.7 Å². The van der Waals surface area contributed by atoms with Gasteiger partial charge in [0.25, 0.3) is 11.8 Å². The van der Waals surface area contributed by atoms with Crippen LogP contribution in [-0.2, 0) is 17.1 Å². The summed E-state index contributed by atoms with van der Waals surface area (Å²) in [6.07, 6.45) is -7.76. The molecule has 1 heterocycles. The van der Waals surface area contributed by atoms with Gasteiger partial charge in [0.1, 0.15) is 0 Å². The van der Waals surface area contributed by atoms with Gasteiger partial charge in [-0.1, -0.05) is 0 Å². The highest BCUT2D eigenvalue weighted by Crippen LogP contribution is 2.36. The van der Waals surface area contributed by atoms with Gasteiger partial charge in [-0.15, -0.1) is 0 Å². The standard InChI is InChI=1S/C20H20F6N4O3/c1-10(9-33-3)29-18(32)16-15(27-4-5-28-16)11(2)30-17(31)12-6-13(19(21,22)23)8-14(7-12)20(24,25)26/h4-8,10-11H,9H2,1-3H3,(H,29,32)(H,30,31). The molecule has 0 aliphatic carbocycles. The highest BCUT2D eigenvalue weighted by molar-refractivity contribution is 5.96. The average molecular weight is 478 g/mol. The van der Waals surface area contributed by atoms with Crippen molar-refractivity contribution in [1.29, 1.82) is 0 Å². The number of nitrogens with zero attached hydrogens (tertiary/aromatic N) is 2. The fourth-order valence-electron chi connectivity index (χ4n) is 2.86. The molecule has 2 rings (SSSR count). The fraction of sp³-hybridized carbons (Fsp3) is 0.400. The van der Waals surface area contributed by atoms with Crippen molar-refractivity contribution < 1.29 is 40.7 Å². The molecule has 33 heavy (non-hydrogen) atoms. The zero-order valence-corrected chi connectivity index (χ0v) is 17.6. The number of carbonyl (C=O) groups excluding carboxylic acids is 2. The summed E-state index contributed by atoms with van der Waals surface area (Å²) >= 11 is 0. The minimum atomic E-state index is -5.10. The van der Waals surface area contributed by atoms with Gasteiger partial charge in [-0.2, -0.15) is 26.3 Å². The SMILES string of the molecule is COCC(C)NC(=O)c1nccnc1C(C)NC(=O)c1cc(C(F)(F)F)cc(C(F)(F)F)c1. The normalized spacial score (nSPS) is 13.8. The lowest BCUT2D eigenvalue weighted by Crippen LogP contribution is -2.38. The number of hydrogen-bond donors (Lipinski definition) is 2. The topological polar surface area (TPSA) is 93.2 Å². The van der Waals surface area contributed by atoms with Crippen LogP contribution in [0.2, 0.25) is 0 Å². The largest absolute Gasteiger partial charge is 0.416 e. The number of methoxy groups -OCH3 is 1. The van der Waals surface area contributed by atoms with E-state index in [2.05, 4.69) is 20.6 Å². The molecular weight excluding hydrogens is 458 g/mol. The summed E-state index contributed by atoms with van der Waals surface area (Å²) in [6, 6.07) is -0.921. The summed E-state index contributed by atoms with van der Waals surface area (Å²) in [5.41, 5.74) is -4.31. The van der Waals surface area contributed by atoms with Gasteiger partial charge in [-0.25, -0.2) is 4.98 Å². The van der Waals surface area contributed by atoms with Crippen molar-refractivity contribution in [3.63, 3.8) is 0 Å². The molecule has 13 heteroatoms. The highest BCUT2D eigenvalue weighted by Gasteiger charge is 2.37. The Morgan fingerprint density at radius 1 is 0.909 bits per heavy atom. The fourth-order valence-corrected chi connectivity index (χ4v) is 2.86. The van der Waals surface area contributed by atoms with E-state index in [0.29, 0.717) is 12.1 Å². The molecular formula is C20H20F6N4O3. The molecule has 2 unspecified atom stereocenters. The first-order valence-electron chi connectivity index (χ1n) is 9.45. The smallest absolute Gasteiger partial charge is 0.383 e. The quantitative estimate of drug-likeness (QED) is 0.591. The number of carbonyl (C=O) groups is 2. The zero-order valence-electron chi connectivity index (χ0n) is 17.6. The molecule has 0 spiro atoms. The first-order valence-corrected chi connectivity index (χ1v) is 9.45. The lowest BCUT2D eigenvalue weighted by Gasteiger charge is -2.19. The van der Waals surface area contributed by atoms with Gasteiger partial charge in [0.05, 0.1) is 29.5 Å². The second kappa shape index (κ2) is 10.1. The lowest BCUT2D eigenvalue weighted by atomic mass is 10.0. The average Bonchev–Trinajstić information content (AvgIpc) is 2.72. The molecule has 2 amide bonds. The molecule has 0 radical (unpaired) electrons. The van der Waals surface area contributed by atoms with E-state index in [9.17, 15) is 35.9 Å². The summed E-state index contributed by atoms with van der Waals surface area (Å²) in [7, 11) is 1.44. The number of ether oxygens (including phenoxy) is 1. The highest BCUT2D eigenvalue weighted by atomic mass is 19.4. The van der Waals surface area contributed by atoms with Gasteiger partial charge in [0.15, 0.2) is 5.69 Å². The third-order valence-electron chi connectivity index (χ3n) is 4.34. The van der Waals surface area contributed by atoms with Gasteiger partial charge >= 0.3 is 12.4 Å². The molecule has 2 N–H and O–H groups in total. The van der Waals surface area contributed by atoms with Gasteiger partial charge < -0.3 is 15.4 Å². The van der Waals surface area contributed by atoms with E-state index in [-0.39, 0.29) is 24.1 Å². The molecule has 1 aromatic carbocycles. The third-order valence-corrected chi connectivity index (χ3v) is 4.34. The number of rotatable bonds is 7. The second-order valence-electron chi connectivity index (χ2n) is 7.11. The Balaban J connectivity index is 2.33. The van der Waals surface area contributed by atoms with Gasteiger partial charge in [0, 0.05) is 31.1 Å². The lowest BCUT2D eigenvalue weighted by molar-refractivity contribution is -0.143. The van der Waals surface area contributed by atoms with Crippen LogP contribution < -0.4 is 10.6 Å². The van der Waals surface area contributed by atoms with Crippen molar-refractivity contribution >= 4 is 11.8 Å². The Morgan fingerprint density at radius 3 is 1.97 bits per heavy atom. The first kappa shape index (κ1) is 26.0. The predicted octanol–water partition coefficient (Wildman–Crippen LogP) is 3.77. The zero-order chi connectivity index (χ0) is 25.0. The van der Waals surface area contributed by atoms with Crippen molar-refractivity contribution in [2.75, 3.05) is 13.7 Å². The van der Waals surface area contributed by atoms with Gasteiger partial charge in [-0.3, -0.25) is 14.6 Å². The van der Waals surface area contributed by atoms with E-state index in [1.807, 2.05) is 0 Å². The number of amides is 2. The molecule has 2 aromatic rings. The minimum absolute atomic E-state index is 0.0315. The van der Waals surface area contributed by atoms with Gasteiger partial charge in [-0.05, 0) is 32.0 Å². The van der Waals surface area contributed by atoms with Crippen LogP contribution in [-0.4, -0.2) is 41.5 Å². The van der Waals surface area contributed by atoms with Crippen LogP contribution in [0, 0.1) is 0 Å². The molecule has 0 aliphatic heterocycles. The monoisotopic (exact) mass is 478 g/mol. The van der Waals surface area contributed by atoms with E-state index < -0.39 is 52.9 Å². The molecule has 180 valence electrons. The van der Waals surface area contributed by atoms with Crippen LogP contribution in [0.5, 0.6) is 0 Å². The third kappa shape index (κ3) is 6.88. The van der Waals surface area contributed by atoms with Crippen molar-refractivity contribution in [1.82, 2.24) is 20.6 Å². The van der Waals surface area contributed by atoms with Crippen molar-refractivity contribution in [2.45, 2.75) is 38.3 Å². The molecule has 2 atom stereocenters. The molecule has 0 aliphatic rings. The van der Waals surface area contributed by atoms with Crippen LogP contribution in [0.3, 0.4) is 0 Å². The summed E-state index contributed by atoms with van der Waals surface area (Å²) in [4.78, 5) is 32.9. The number of halogens is 6. The van der Waals surface area contributed by atoms with E-state index >= 15 is 0 Å². The Labute approximate surface area is 184 Å². The first-order chi connectivity index (χ1) is 15.2. The van der Waals surface area contributed by atoms with Crippen LogP contribution >= 0.6 is 0 Å². The summed E-state index contributed by atoms with van der Waals surface area (Å²) < 4.78 is 83.3. The molecule has 0 saturated carbocycles. The minimum Gasteiger partial charge on any atom is -0.383 e. The number of nitrogens with one attached hydrogen (secondary N) is 2. The van der Waals surface area contributed by atoms with Crippen molar-refractivity contribution in [3.8, 4) is 0 Å². The Bertz CT molecular complexity index is 978. The summed E-state index contributed by atoms with van der Waals surface area (Å²) in [5, 5.41) is 4.86. The Hall–Kier alpha value is -3.22. The molecule has 0 saturated heterocycles. The number of hydrogen-bond acceptors (Lipinski definition) is 5. The van der Waals surface area contributed by atoms with E-state index in [0.717, 1.165) is 0 Å². The molecule has 7 nitrogen and oxygen atoms in total. The van der Waals surface area contributed by atoms with Crippen molar-refractivity contribution in [2.24, 2.45) is 0 Å². The van der Waals surface area contributed by atoms with E-state index in [1.165, 1.54) is 26.4 Å². The van der Waals surface area contributed by atoms with Crippen LogP contribution in [0.15, 0.2) is 30.6 Å². The van der Waals surface area contributed by atoms with Gasteiger partial charge in [0.2, 0.25) is 0 Å². The maximum absolute atomic E-state index is 13.1. The number of benzene rings is 1. The molecule has 0 bridgehead atoms. The predicted molar refractivity (Wildman–Crippen MR) is 103 cm³/mol. The van der Waals surface area contributed by atoms with E-state index in [1.54, 1.807) is 6.92 Å². The Kier molecular flexibility index (Phi) is 8.01. The molecule has 1 aromatic heterocycles. The summed E-state index contributed by atoms with van der Waals surface area (Å²) in [5.74, 6) is -1.87. The maximum Gasteiger partial charge on any atom is 0.416 e. The van der Waals surface area contributed by atoms with Crippen LogP contribution in [0.4, 0.5) is 26.3 Å². The van der Waals surface area contributed by atoms with Crippen LogP contribution in [0.1, 0.15) is 57.6 Å². The Morgan fingerprint density at radius 2 is 1.45 bits per heavy atom. The van der Waals surface area contributed by atoms with E-state index in [4.69, 9.17) is 4.74 Å². The number of alkyl halides is 6. The summed E-state index contributed by atoms with van der Waals surface area (Å²) in [6.45, 7) is 3.22. The number of aromatic nitrogens is 2. The van der Waals surface area contributed by atoms with Crippen LogP contribution in [0.25, 0.3) is 0 Å². The maximum atomic E-state index is 13.1. The molecule has 0 fully saturated rings. The second-order valence-corrected chi connectivity index (χ2v) is 7.11.